The average molecular weight is 571 g/mol. The zero-order valence-corrected chi connectivity index (χ0v) is 22.4. The van der Waals surface area contributed by atoms with E-state index in [2.05, 4.69) is 20.9 Å². The van der Waals surface area contributed by atoms with E-state index in [9.17, 15) is 19.5 Å². The summed E-state index contributed by atoms with van der Waals surface area (Å²) in [6.45, 7) is 5.30. The number of hydrogen-bond acceptors (Lipinski definition) is 8. The Morgan fingerprint density at radius 1 is 1.17 bits per heavy atom. The number of halogens is 1. The summed E-state index contributed by atoms with van der Waals surface area (Å²) in [4.78, 5) is 45.0. The van der Waals surface area contributed by atoms with Crippen molar-refractivity contribution in [1.29, 1.82) is 0 Å². The third-order valence-electron chi connectivity index (χ3n) is 5.77. The summed E-state index contributed by atoms with van der Waals surface area (Å²) in [6.07, 6.45) is 0. The predicted octanol–water partition coefficient (Wildman–Crippen LogP) is 5.33. The van der Waals surface area contributed by atoms with Gasteiger partial charge in [-0.25, -0.2) is 9.78 Å². The first kappa shape index (κ1) is 25.6. The molecule has 1 amide bonds. The van der Waals surface area contributed by atoms with Crippen LogP contribution in [0.5, 0.6) is 5.75 Å². The molecule has 1 fully saturated rings. The lowest BCUT2D eigenvalue weighted by Crippen LogP contribution is -2.29. The minimum Gasteiger partial charge on any atom is -0.507 e. The fourth-order valence-electron chi connectivity index (χ4n) is 4.04. The molecule has 1 atom stereocenters. The third kappa shape index (κ3) is 4.54. The van der Waals surface area contributed by atoms with Crippen molar-refractivity contribution in [2.75, 3.05) is 18.6 Å². The van der Waals surface area contributed by atoms with Crippen molar-refractivity contribution in [2.24, 2.45) is 0 Å². The van der Waals surface area contributed by atoms with Crippen molar-refractivity contribution >= 4 is 55.8 Å². The lowest BCUT2D eigenvalue weighted by atomic mass is 9.94. The van der Waals surface area contributed by atoms with Crippen molar-refractivity contribution in [1.82, 2.24) is 4.98 Å². The molecule has 2 heterocycles. The zero-order chi connectivity index (χ0) is 26.1. The Balaban J connectivity index is 1.92. The van der Waals surface area contributed by atoms with Gasteiger partial charge in [-0.1, -0.05) is 39.4 Å². The van der Waals surface area contributed by atoms with Crippen LogP contribution in [0.2, 0.25) is 0 Å². The number of thiazole rings is 1. The smallest absolute Gasteiger partial charge is 0.350 e. The van der Waals surface area contributed by atoms with Crippen molar-refractivity contribution in [3.8, 4) is 5.75 Å². The largest absolute Gasteiger partial charge is 0.507 e. The van der Waals surface area contributed by atoms with E-state index in [0.29, 0.717) is 28.1 Å². The Hall–Kier alpha value is -3.50. The molecular weight excluding hydrogens is 548 g/mol. The molecule has 1 unspecified atom stereocenters. The molecule has 1 saturated heterocycles. The highest BCUT2D eigenvalue weighted by atomic mass is 79.9. The second-order valence-corrected chi connectivity index (χ2v) is 9.93. The van der Waals surface area contributed by atoms with Crippen molar-refractivity contribution < 1.29 is 29.0 Å². The standard InChI is InChI=1S/C26H23BrN2O6S/c1-5-35-25(33)23-14(3)28-26(36-23)29-20(15-6-8-16(27)9-7-15)19(22(31)24(29)32)21(30)18-11-10-17(34-4)12-13(18)2/h6-12,20,30H,5H2,1-4H3. The van der Waals surface area contributed by atoms with Crippen LogP contribution in [0.1, 0.15) is 45.0 Å². The lowest BCUT2D eigenvalue weighted by Gasteiger charge is -2.23. The highest BCUT2D eigenvalue weighted by Gasteiger charge is 2.48. The van der Waals surface area contributed by atoms with Crippen LogP contribution in [0.15, 0.2) is 52.5 Å². The van der Waals surface area contributed by atoms with Crippen LogP contribution in [0.4, 0.5) is 5.13 Å². The molecule has 1 aliphatic heterocycles. The van der Waals surface area contributed by atoms with Crippen LogP contribution in [-0.4, -0.2) is 41.5 Å². The molecule has 0 radical (unpaired) electrons. The fraction of sp³-hybridized carbons (Fsp3) is 0.231. The number of hydrogen-bond donors (Lipinski definition) is 1. The van der Waals surface area contributed by atoms with Gasteiger partial charge < -0.3 is 14.6 Å². The normalized spacial score (nSPS) is 16.9. The molecule has 8 nitrogen and oxygen atoms in total. The monoisotopic (exact) mass is 570 g/mol. The van der Waals surface area contributed by atoms with Gasteiger partial charge in [-0.2, -0.15) is 0 Å². The third-order valence-corrected chi connectivity index (χ3v) is 7.44. The summed E-state index contributed by atoms with van der Waals surface area (Å²) < 4.78 is 11.2. The summed E-state index contributed by atoms with van der Waals surface area (Å²) in [5.41, 5.74) is 1.98. The Bertz CT molecular complexity index is 1400. The van der Waals surface area contributed by atoms with Crippen molar-refractivity contribution in [3.05, 3.63) is 79.8 Å². The first-order chi connectivity index (χ1) is 17.2. The number of methoxy groups -OCH3 is 1. The number of rotatable bonds is 6. The minimum atomic E-state index is -0.958. The Kier molecular flexibility index (Phi) is 7.28. The van der Waals surface area contributed by atoms with Crippen molar-refractivity contribution in [2.45, 2.75) is 26.8 Å². The highest BCUT2D eigenvalue weighted by molar-refractivity contribution is 9.10. The lowest BCUT2D eigenvalue weighted by molar-refractivity contribution is -0.132. The number of nitrogens with zero attached hydrogens (tertiary/aromatic N) is 2. The van der Waals surface area contributed by atoms with E-state index in [1.807, 2.05) is 0 Å². The van der Waals surface area contributed by atoms with Crippen LogP contribution in [0.25, 0.3) is 5.76 Å². The number of benzene rings is 2. The number of aliphatic hydroxyl groups is 1. The maximum Gasteiger partial charge on any atom is 0.350 e. The number of ketones is 1. The zero-order valence-electron chi connectivity index (χ0n) is 20.0. The maximum atomic E-state index is 13.4. The number of aromatic nitrogens is 1. The van der Waals surface area contributed by atoms with Gasteiger partial charge in [0.15, 0.2) is 5.13 Å². The Morgan fingerprint density at radius 2 is 1.86 bits per heavy atom. The fourth-order valence-corrected chi connectivity index (χ4v) is 5.29. The second kappa shape index (κ2) is 10.2. The summed E-state index contributed by atoms with van der Waals surface area (Å²) in [5, 5.41) is 11.5. The van der Waals surface area contributed by atoms with Gasteiger partial charge in [0.1, 0.15) is 16.4 Å². The quantitative estimate of drug-likeness (QED) is 0.184. The number of amides is 1. The molecule has 10 heteroatoms. The van der Waals surface area contributed by atoms with E-state index in [4.69, 9.17) is 9.47 Å². The molecule has 4 rings (SSSR count). The molecule has 2 aromatic carbocycles. The number of ether oxygens (including phenoxy) is 2. The van der Waals surface area contributed by atoms with E-state index in [1.54, 1.807) is 63.2 Å². The number of aryl methyl sites for hydroxylation is 2. The molecule has 0 spiro atoms. The topological polar surface area (TPSA) is 106 Å². The van der Waals surface area contributed by atoms with Crippen LogP contribution in [0.3, 0.4) is 0 Å². The number of anilines is 1. The van der Waals surface area contributed by atoms with Gasteiger partial charge in [0.05, 0.1) is 31.0 Å². The van der Waals surface area contributed by atoms with Gasteiger partial charge in [-0.15, -0.1) is 0 Å². The summed E-state index contributed by atoms with van der Waals surface area (Å²) in [6, 6.07) is 11.2. The second-order valence-electron chi connectivity index (χ2n) is 8.03. The molecule has 3 aromatic rings. The van der Waals surface area contributed by atoms with Gasteiger partial charge in [0.25, 0.3) is 5.78 Å². The molecule has 1 aliphatic rings. The average Bonchev–Trinajstić information content (AvgIpc) is 3.36. The van der Waals surface area contributed by atoms with E-state index in [0.717, 1.165) is 15.8 Å². The van der Waals surface area contributed by atoms with E-state index < -0.39 is 23.7 Å². The van der Waals surface area contributed by atoms with E-state index in [-0.39, 0.29) is 27.9 Å². The van der Waals surface area contributed by atoms with Crippen LogP contribution < -0.4 is 9.64 Å². The number of Topliss-reactive ketones (excluding diaryl/α,β-unsaturated/α-hetero) is 1. The number of esters is 1. The Morgan fingerprint density at radius 3 is 2.47 bits per heavy atom. The number of carbonyl (C=O) groups is 3. The van der Waals surface area contributed by atoms with Gasteiger partial charge in [0, 0.05) is 10.0 Å². The molecular formula is C26H23BrN2O6S. The summed E-state index contributed by atoms with van der Waals surface area (Å²) in [5.74, 6) is -1.95. The molecule has 36 heavy (non-hydrogen) atoms. The maximum absolute atomic E-state index is 13.4. The van der Waals surface area contributed by atoms with Gasteiger partial charge in [0.2, 0.25) is 0 Å². The molecule has 0 aliphatic carbocycles. The van der Waals surface area contributed by atoms with E-state index >= 15 is 0 Å². The first-order valence-corrected chi connectivity index (χ1v) is 12.6. The highest BCUT2D eigenvalue weighted by Crippen LogP contribution is 2.44. The Labute approximate surface area is 220 Å². The van der Waals surface area contributed by atoms with Crippen molar-refractivity contribution in [3.63, 3.8) is 0 Å². The molecule has 186 valence electrons. The molecule has 0 bridgehead atoms. The van der Waals surface area contributed by atoms with Crippen LogP contribution in [-0.2, 0) is 14.3 Å². The number of aliphatic hydroxyl groups excluding tert-OH is 1. The minimum absolute atomic E-state index is 0.0684. The summed E-state index contributed by atoms with van der Waals surface area (Å²) >= 11 is 4.37. The van der Waals surface area contributed by atoms with E-state index in [1.165, 1.54) is 12.0 Å². The first-order valence-electron chi connectivity index (χ1n) is 11.0. The summed E-state index contributed by atoms with van der Waals surface area (Å²) in [7, 11) is 1.54. The SMILES string of the molecule is CCOC(=O)c1sc(N2C(=O)C(=O)C(=C(O)c3ccc(OC)cc3C)C2c2ccc(Br)cc2)nc1C. The van der Waals surface area contributed by atoms with Crippen LogP contribution >= 0.6 is 27.3 Å². The molecule has 0 saturated carbocycles. The molecule has 1 aromatic heterocycles. The van der Waals surface area contributed by atoms with Gasteiger partial charge in [-0.05, 0) is 62.2 Å². The van der Waals surface area contributed by atoms with Gasteiger partial charge in [-0.3, -0.25) is 14.5 Å². The van der Waals surface area contributed by atoms with Crippen LogP contribution in [0, 0.1) is 13.8 Å². The predicted molar refractivity (Wildman–Crippen MR) is 139 cm³/mol. The molecule has 1 N–H and O–H groups in total. The van der Waals surface area contributed by atoms with Gasteiger partial charge >= 0.3 is 11.9 Å². The number of carbonyl (C=O) groups excluding carboxylic acids is 3.